The van der Waals surface area contributed by atoms with Crippen molar-refractivity contribution in [3.63, 3.8) is 0 Å². The number of nitrogens with zero attached hydrogens (tertiary/aromatic N) is 1. The predicted molar refractivity (Wildman–Crippen MR) is 79.5 cm³/mol. The Morgan fingerprint density at radius 3 is 3.11 bits per heavy atom. The molecule has 19 heavy (non-hydrogen) atoms. The Balaban J connectivity index is 1.77. The topological polar surface area (TPSA) is 24.5 Å². The summed E-state index contributed by atoms with van der Waals surface area (Å²) in [6, 6.07) is 8.42. The molecule has 1 fully saturated rings. The monoisotopic (exact) mass is 262 g/mol. The molecule has 3 heteroatoms. The van der Waals surface area contributed by atoms with Crippen LogP contribution in [0.5, 0.6) is 5.75 Å². The lowest BCUT2D eigenvalue weighted by Crippen LogP contribution is -2.20. The van der Waals surface area contributed by atoms with Gasteiger partial charge in [0.25, 0.3) is 0 Å². The van der Waals surface area contributed by atoms with Crippen LogP contribution in [-0.2, 0) is 6.54 Å². The summed E-state index contributed by atoms with van der Waals surface area (Å²) in [5.74, 6) is 1.85. The molecule has 1 N–H and O–H groups in total. The van der Waals surface area contributed by atoms with Crippen LogP contribution in [0.3, 0.4) is 0 Å². The second-order valence-corrected chi connectivity index (χ2v) is 5.49. The zero-order valence-corrected chi connectivity index (χ0v) is 12.2. The Bertz CT molecular complexity index is 381. The molecule has 0 radical (unpaired) electrons. The first-order valence-electron chi connectivity index (χ1n) is 7.31. The Hall–Kier alpha value is -1.06. The molecule has 1 aromatic carbocycles. The van der Waals surface area contributed by atoms with Crippen molar-refractivity contribution in [1.29, 1.82) is 0 Å². The molecular weight excluding hydrogens is 236 g/mol. The maximum absolute atomic E-state index is 5.28. The second kappa shape index (κ2) is 7.51. The standard InChI is InChI=1S/C16H26N2O/c1-17-9-4-6-14-8-10-18(12-14)13-15-5-3-7-16(11-15)19-2/h3,5,7,11,14,17H,4,6,8-10,12-13H2,1-2H3. The van der Waals surface area contributed by atoms with E-state index in [1.807, 2.05) is 13.1 Å². The summed E-state index contributed by atoms with van der Waals surface area (Å²) in [5.41, 5.74) is 1.36. The number of rotatable bonds is 7. The van der Waals surface area contributed by atoms with Gasteiger partial charge in [-0.2, -0.15) is 0 Å². The van der Waals surface area contributed by atoms with Gasteiger partial charge < -0.3 is 10.1 Å². The van der Waals surface area contributed by atoms with Crippen molar-refractivity contribution in [3.05, 3.63) is 29.8 Å². The molecule has 1 aromatic rings. The molecule has 2 rings (SSSR count). The number of ether oxygens (including phenoxy) is 1. The number of hydrogen-bond donors (Lipinski definition) is 1. The quantitative estimate of drug-likeness (QED) is 0.764. The first-order chi connectivity index (χ1) is 9.31. The average Bonchev–Trinajstić information content (AvgIpc) is 2.87. The molecule has 1 saturated heterocycles. The van der Waals surface area contributed by atoms with Crippen LogP contribution in [0.2, 0.25) is 0 Å². The Morgan fingerprint density at radius 1 is 1.42 bits per heavy atom. The lowest BCUT2D eigenvalue weighted by atomic mass is 10.0. The predicted octanol–water partition coefficient (Wildman–Crippen LogP) is 2.52. The molecule has 0 amide bonds. The van der Waals surface area contributed by atoms with E-state index in [1.165, 1.54) is 37.9 Å². The molecule has 3 nitrogen and oxygen atoms in total. The fourth-order valence-corrected chi connectivity index (χ4v) is 2.89. The lowest BCUT2D eigenvalue weighted by Gasteiger charge is -2.16. The number of likely N-dealkylation sites (tertiary alicyclic amines) is 1. The fraction of sp³-hybridized carbons (Fsp3) is 0.625. The summed E-state index contributed by atoms with van der Waals surface area (Å²) in [6.07, 6.45) is 4.01. The van der Waals surface area contributed by atoms with E-state index in [9.17, 15) is 0 Å². The van der Waals surface area contributed by atoms with Gasteiger partial charge in [-0.05, 0) is 63.0 Å². The summed E-state index contributed by atoms with van der Waals surface area (Å²) in [5, 5.41) is 3.23. The highest BCUT2D eigenvalue weighted by atomic mass is 16.5. The smallest absolute Gasteiger partial charge is 0.119 e. The van der Waals surface area contributed by atoms with Crippen LogP contribution >= 0.6 is 0 Å². The highest BCUT2D eigenvalue weighted by Gasteiger charge is 2.21. The van der Waals surface area contributed by atoms with Gasteiger partial charge >= 0.3 is 0 Å². The van der Waals surface area contributed by atoms with E-state index < -0.39 is 0 Å². The SMILES string of the molecule is CNCCCC1CCN(Cc2cccc(OC)c2)C1. The van der Waals surface area contributed by atoms with Gasteiger partial charge in [-0.25, -0.2) is 0 Å². The molecule has 1 atom stereocenters. The third-order valence-electron chi connectivity index (χ3n) is 3.95. The minimum atomic E-state index is 0.888. The Kier molecular flexibility index (Phi) is 5.67. The van der Waals surface area contributed by atoms with Crippen LogP contribution in [0.25, 0.3) is 0 Å². The third kappa shape index (κ3) is 4.51. The van der Waals surface area contributed by atoms with Crippen molar-refractivity contribution in [2.45, 2.75) is 25.8 Å². The molecular formula is C16H26N2O. The minimum absolute atomic E-state index is 0.888. The van der Waals surface area contributed by atoms with Crippen molar-refractivity contribution >= 4 is 0 Å². The molecule has 1 aliphatic heterocycles. The van der Waals surface area contributed by atoms with E-state index in [1.54, 1.807) is 7.11 Å². The van der Waals surface area contributed by atoms with Crippen LogP contribution in [0.4, 0.5) is 0 Å². The van der Waals surface area contributed by atoms with E-state index in [0.29, 0.717) is 0 Å². The van der Waals surface area contributed by atoms with E-state index in [-0.39, 0.29) is 0 Å². The van der Waals surface area contributed by atoms with E-state index in [4.69, 9.17) is 4.74 Å². The summed E-state index contributed by atoms with van der Waals surface area (Å²) in [6.45, 7) is 4.69. The Morgan fingerprint density at radius 2 is 2.32 bits per heavy atom. The molecule has 1 heterocycles. The van der Waals surface area contributed by atoms with Crippen LogP contribution < -0.4 is 10.1 Å². The van der Waals surface area contributed by atoms with Crippen molar-refractivity contribution in [2.24, 2.45) is 5.92 Å². The zero-order chi connectivity index (χ0) is 13.5. The van der Waals surface area contributed by atoms with Crippen molar-refractivity contribution in [3.8, 4) is 5.75 Å². The van der Waals surface area contributed by atoms with Gasteiger partial charge in [0.1, 0.15) is 5.75 Å². The van der Waals surface area contributed by atoms with E-state index in [0.717, 1.165) is 24.8 Å². The highest BCUT2D eigenvalue weighted by molar-refractivity contribution is 5.28. The largest absolute Gasteiger partial charge is 0.497 e. The molecule has 0 spiro atoms. The van der Waals surface area contributed by atoms with Crippen molar-refractivity contribution in [1.82, 2.24) is 10.2 Å². The van der Waals surface area contributed by atoms with Gasteiger partial charge in [0, 0.05) is 13.1 Å². The summed E-state index contributed by atoms with van der Waals surface area (Å²) < 4.78 is 5.28. The molecule has 106 valence electrons. The van der Waals surface area contributed by atoms with Crippen molar-refractivity contribution < 1.29 is 4.74 Å². The average molecular weight is 262 g/mol. The maximum atomic E-state index is 5.28. The van der Waals surface area contributed by atoms with E-state index in [2.05, 4.69) is 28.4 Å². The third-order valence-corrected chi connectivity index (χ3v) is 3.95. The van der Waals surface area contributed by atoms with Crippen LogP contribution in [0.15, 0.2) is 24.3 Å². The van der Waals surface area contributed by atoms with Crippen LogP contribution in [0, 0.1) is 5.92 Å². The number of hydrogen-bond acceptors (Lipinski definition) is 3. The highest BCUT2D eigenvalue weighted by Crippen LogP contribution is 2.23. The maximum Gasteiger partial charge on any atom is 0.119 e. The normalized spacial score (nSPS) is 19.8. The van der Waals surface area contributed by atoms with Crippen molar-refractivity contribution in [2.75, 3.05) is 33.8 Å². The molecule has 0 aromatic heterocycles. The number of benzene rings is 1. The summed E-state index contributed by atoms with van der Waals surface area (Å²) >= 11 is 0. The Labute approximate surface area is 116 Å². The summed E-state index contributed by atoms with van der Waals surface area (Å²) in [4.78, 5) is 2.57. The number of methoxy groups -OCH3 is 1. The van der Waals surface area contributed by atoms with Gasteiger partial charge in [-0.3, -0.25) is 4.90 Å². The second-order valence-electron chi connectivity index (χ2n) is 5.49. The minimum Gasteiger partial charge on any atom is -0.497 e. The van der Waals surface area contributed by atoms with Gasteiger partial charge in [0.15, 0.2) is 0 Å². The zero-order valence-electron chi connectivity index (χ0n) is 12.2. The molecule has 1 aliphatic rings. The number of nitrogens with one attached hydrogen (secondary N) is 1. The van der Waals surface area contributed by atoms with E-state index >= 15 is 0 Å². The lowest BCUT2D eigenvalue weighted by molar-refractivity contribution is 0.311. The van der Waals surface area contributed by atoms with Gasteiger partial charge in [-0.15, -0.1) is 0 Å². The molecule has 1 unspecified atom stereocenters. The van der Waals surface area contributed by atoms with Gasteiger partial charge in [0.05, 0.1) is 7.11 Å². The van der Waals surface area contributed by atoms with Crippen LogP contribution in [-0.4, -0.2) is 38.7 Å². The van der Waals surface area contributed by atoms with Gasteiger partial charge in [-0.1, -0.05) is 12.1 Å². The molecule has 0 saturated carbocycles. The molecule has 0 aliphatic carbocycles. The first-order valence-corrected chi connectivity index (χ1v) is 7.31. The first kappa shape index (κ1) is 14.4. The van der Waals surface area contributed by atoms with Gasteiger partial charge in [0.2, 0.25) is 0 Å². The van der Waals surface area contributed by atoms with Crippen LogP contribution in [0.1, 0.15) is 24.8 Å². The summed E-state index contributed by atoms with van der Waals surface area (Å²) in [7, 11) is 3.76. The molecule has 0 bridgehead atoms. The fourth-order valence-electron chi connectivity index (χ4n) is 2.89.